The second-order valence-electron chi connectivity index (χ2n) is 3.81. The SMILES string of the molecule is CCC(CC)Oc1cnn(C(C)C)c1. The molecule has 3 heteroatoms. The molecule has 3 nitrogen and oxygen atoms in total. The summed E-state index contributed by atoms with van der Waals surface area (Å²) >= 11 is 0. The molecule has 0 amide bonds. The molecule has 0 aliphatic rings. The van der Waals surface area contributed by atoms with E-state index in [1.165, 1.54) is 0 Å². The molecule has 1 aromatic heterocycles. The van der Waals surface area contributed by atoms with Crippen molar-refractivity contribution in [2.75, 3.05) is 0 Å². The third kappa shape index (κ3) is 2.76. The maximum atomic E-state index is 5.76. The van der Waals surface area contributed by atoms with Crippen LogP contribution in [-0.2, 0) is 0 Å². The van der Waals surface area contributed by atoms with Gasteiger partial charge in [-0.15, -0.1) is 0 Å². The Morgan fingerprint density at radius 1 is 1.36 bits per heavy atom. The van der Waals surface area contributed by atoms with Crippen molar-refractivity contribution in [1.29, 1.82) is 0 Å². The van der Waals surface area contributed by atoms with Gasteiger partial charge in [0.2, 0.25) is 0 Å². The first kappa shape index (κ1) is 11.1. The van der Waals surface area contributed by atoms with Gasteiger partial charge in [-0.05, 0) is 26.7 Å². The minimum absolute atomic E-state index is 0.319. The van der Waals surface area contributed by atoms with E-state index in [4.69, 9.17) is 4.74 Å². The molecule has 0 bridgehead atoms. The Hall–Kier alpha value is -0.990. The number of ether oxygens (including phenoxy) is 1. The topological polar surface area (TPSA) is 27.1 Å². The van der Waals surface area contributed by atoms with Crippen molar-refractivity contribution in [2.45, 2.75) is 52.7 Å². The zero-order valence-electron chi connectivity index (χ0n) is 9.53. The van der Waals surface area contributed by atoms with E-state index in [0.717, 1.165) is 18.6 Å². The fourth-order valence-corrected chi connectivity index (χ4v) is 1.31. The maximum Gasteiger partial charge on any atom is 0.157 e. The lowest BCUT2D eigenvalue weighted by Crippen LogP contribution is -2.13. The highest BCUT2D eigenvalue weighted by Crippen LogP contribution is 2.16. The Bertz CT molecular complexity index is 264. The van der Waals surface area contributed by atoms with Crippen LogP contribution in [0.4, 0.5) is 0 Å². The van der Waals surface area contributed by atoms with E-state index < -0.39 is 0 Å². The summed E-state index contributed by atoms with van der Waals surface area (Å²) < 4.78 is 7.67. The van der Waals surface area contributed by atoms with Crippen molar-refractivity contribution in [3.05, 3.63) is 12.4 Å². The van der Waals surface area contributed by atoms with Crippen molar-refractivity contribution >= 4 is 0 Å². The summed E-state index contributed by atoms with van der Waals surface area (Å²) in [4.78, 5) is 0. The molecule has 0 radical (unpaired) electrons. The second kappa shape index (κ2) is 5.03. The van der Waals surface area contributed by atoms with Crippen molar-refractivity contribution in [2.24, 2.45) is 0 Å². The summed E-state index contributed by atoms with van der Waals surface area (Å²) in [7, 11) is 0. The zero-order chi connectivity index (χ0) is 10.6. The average molecular weight is 196 g/mol. The molecule has 0 aromatic carbocycles. The number of nitrogens with zero attached hydrogens (tertiary/aromatic N) is 2. The van der Waals surface area contributed by atoms with E-state index in [0.29, 0.717) is 12.1 Å². The molecule has 0 N–H and O–H groups in total. The quantitative estimate of drug-likeness (QED) is 0.723. The average Bonchev–Trinajstić information content (AvgIpc) is 2.62. The monoisotopic (exact) mass is 196 g/mol. The lowest BCUT2D eigenvalue weighted by atomic mass is 10.2. The second-order valence-corrected chi connectivity index (χ2v) is 3.81. The Balaban J connectivity index is 2.58. The van der Waals surface area contributed by atoms with Gasteiger partial charge in [-0.3, -0.25) is 4.68 Å². The van der Waals surface area contributed by atoms with Gasteiger partial charge < -0.3 is 4.74 Å². The molecular formula is C11H20N2O. The van der Waals surface area contributed by atoms with Gasteiger partial charge in [0.05, 0.1) is 18.5 Å². The predicted molar refractivity (Wildman–Crippen MR) is 57.6 cm³/mol. The van der Waals surface area contributed by atoms with Crippen LogP contribution in [0, 0.1) is 0 Å². The van der Waals surface area contributed by atoms with Gasteiger partial charge in [0.25, 0.3) is 0 Å². The summed E-state index contributed by atoms with van der Waals surface area (Å²) in [5.74, 6) is 0.882. The van der Waals surface area contributed by atoms with Crippen molar-refractivity contribution in [1.82, 2.24) is 9.78 Å². The highest BCUT2D eigenvalue weighted by Gasteiger charge is 2.07. The number of aromatic nitrogens is 2. The van der Waals surface area contributed by atoms with Crippen LogP contribution in [0.25, 0.3) is 0 Å². The summed E-state index contributed by atoms with van der Waals surface area (Å²) in [6, 6.07) is 0.397. The van der Waals surface area contributed by atoms with E-state index in [-0.39, 0.29) is 0 Å². The van der Waals surface area contributed by atoms with Crippen LogP contribution >= 0.6 is 0 Å². The minimum Gasteiger partial charge on any atom is -0.487 e. The number of hydrogen-bond donors (Lipinski definition) is 0. The van der Waals surface area contributed by atoms with E-state index in [9.17, 15) is 0 Å². The smallest absolute Gasteiger partial charge is 0.157 e. The summed E-state index contributed by atoms with van der Waals surface area (Å²) in [6.07, 6.45) is 6.16. The van der Waals surface area contributed by atoms with Gasteiger partial charge in [0.15, 0.2) is 5.75 Å². The molecule has 0 fully saturated rings. The molecule has 1 aromatic rings. The van der Waals surface area contributed by atoms with Crippen molar-refractivity contribution in [3.8, 4) is 5.75 Å². The molecule has 0 saturated carbocycles. The molecule has 0 aliphatic heterocycles. The number of rotatable bonds is 5. The van der Waals surface area contributed by atoms with Gasteiger partial charge >= 0.3 is 0 Å². The lowest BCUT2D eigenvalue weighted by molar-refractivity contribution is 0.192. The Morgan fingerprint density at radius 2 is 2.00 bits per heavy atom. The summed E-state index contributed by atoms with van der Waals surface area (Å²) in [6.45, 7) is 8.49. The van der Waals surface area contributed by atoms with Gasteiger partial charge in [-0.1, -0.05) is 13.8 Å². The fraction of sp³-hybridized carbons (Fsp3) is 0.727. The first-order valence-electron chi connectivity index (χ1n) is 5.38. The van der Waals surface area contributed by atoms with Crippen LogP contribution in [0.1, 0.15) is 46.6 Å². The van der Waals surface area contributed by atoms with Crippen LogP contribution in [0.3, 0.4) is 0 Å². The molecule has 0 atom stereocenters. The molecule has 0 saturated heterocycles. The van der Waals surface area contributed by atoms with Crippen LogP contribution in [0.5, 0.6) is 5.75 Å². The van der Waals surface area contributed by atoms with Gasteiger partial charge in [0.1, 0.15) is 0 Å². The maximum absolute atomic E-state index is 5.76. The van der Waals surface area contributed by atoms with Crippen LogP contribution in [0.15, 0.2) is 12.4 Å². The molecule has 1 rings (SSSR count). The molecule has 0 unspecified atom stereocenters. The normalized spacial score (nSPS) is 11.3. The van der Waals surface area contributed by atoms with Gasteiger partial charge in [-0.2, -0.15) is 5.10 Å². The summed E-state index contributed by atoms with van der Waals surface area (Å²) in [5, 5.41) is 4.23. The van der Waals surface area contributed by atoms with Crippen LogP contribution in [0.2, 0.25) is 0 Å². The predicted octanol–water partition coefficient (Wildman–Crippen LogP) is 3.03. The molecular weight excluding hydrogens is 176 g/mol. The van der Waals surface area contributed by atoms with Gasteiger partial charge in [-0.25, -0.2) is 0 Å². The van der Waals surface area contributed by atoms with E-state index >= 15 is 0 Å². The van der Waals surface area contributed by atoms with Gasteiger partial charge in [0, 0.05) is 6.04 Å². The van der Waals surface area contributed by atoms with E-state index in [1.807, 2.05) is 10.9 Å². The third-order valence-electron chi connectivity index (χ3n) is 2.32. The Kier molecular flexibility index (Phi) is 3.98. The van der Waals surface area contributed by atoms with Crippen molar-refractivity contribution in [3.63, 3.8) is 0 Å². The first-order valence-corrected chi connectivity index (χ1v) is 5.38. The highest BCUT2D eigenvalue weighted by atomic mass is 16.5. The van der Waals surface area contributed by atoms with Crippen LogP contribution in [-0.4, -0.2) is 15.9 Å². The molecule has 80 valence electrons. The minimum atomic E-state index is 0.319. The highest BCUT2D eigenvalue weighted by molar-refractivity contribution is 5.12. The molecule has 0 spiro atoms. The third-order valence-corrected chi connectivity index (χ3v) is 2.32. The largest absolute Gasteiger partial charge is 0.487 e. The molecule has 1 heterocycles. The van der Waals surface area contributed by atoms with E-state index in [1.54, 1.807) is 6.20 Å². The van der Waals surface area contributed by atoms with Crippen LogP contribution < -0.4 is 4.74 Å². The molecule has 14 heavy (non-hydrogen) atoms. The standard InChI is InChI=1S/C11H20N2O/c1-5-10(6-2)14-11-7-12-13(8-11)9(3)4/h7-10H,5-6H2,1-4H3. The first-order chi connectivity index (χ1) is 6.67. The molecule has 0 aliphatic carbocycles. The summed E-state index contributed by atoms with van der Waals surface area (Å²) in [5.41, 5.74) is 0. The lowest BCUT2D eigenvalue weighted by Gasteiger charge is -2.13. The zero-order valence-corrected chi connectivity index (χ0v) is 9.53. The van der Waals surface area contributed by atoms with Crippen molar-refractivity contribution < 1.29 is 4.74 Å². The Labute approximate surface area is 86.1 Å². The fourth-order valence-electron chi connectivity index (χ4n) is 1.31. The Morgan fingerprint density at radius 3 is 2.43 bits per heavy atom. The van der Waals surface area contributed by atoms with E-state index in [2.05, 4.69) is 32.8 Å². The number of hydrogen-bond acceptors (Lipinski definition) is 2.